The second-order valence-electron chi connectivity index (χ2n) is 2.36. The number of hydrogen-bond donors (Lipinski definition) is 1. The van der Waals surface area contributed by atoms with E-state index in [2.05, 4.69) is 10.2 Å². The van der Waals surface area contributed by atoms with Crippen molar-refractivity contribution >= 4 is 0 Å². The van der Waals surface area contributed by atoms with E-state index in [1.165, 1.54) is 0 Å². The summed E-state index contributed by atoms with van der Waals surface area (Å²) in [6.45, 7) is 0.877. The summed E-state index contributed by atoms with van der Waals surface area (Å²) in [7, 11) is 0. The molecule has 0 spiro atoms. The molecule has 1 aromatic rings. The normalized spacial score (nSPS) is 24.3. The van der Waals surface area contributed by atoms with E-state index >= 15 is 0 Å². The molecule has 1 unspecified atom stereocenters. The van der Waals surface area contributed by atoms with Gasteiger partial charge in [0.05, 0.1) is 0 Å². The first-order valence-electron chi connectivity index (χ1n) is 2.98. The van der Waals surface area contributed by atoms with Gasteiger partial charge >= 0.3 is 0 Å². The summed E-state index contributed by atoms with van der Waals surface area (Å²) in [4.78, 5) is 0. The predicted molar refractivity (Wildman–Crippen MR) is 31.7 cm³/mol. The molecular formula is C5H8N4. The fourth-order valence-corrected chi connectivity index (χ4v) is 1.14. The average molecular weight is 124 g/mol. The maximum absolute atomic E-state index is 5.64. The molecule has 1 atom stereocenters. The Bertz CT molecular complexity index is 196. The van der Waals surface area contributed by atoms with E-state index < -0.39 is 0 Å². The summed E-state index contributed by atoms with van der Waals surface area (Å²) < 4.78 is 1.99. The highest BCUT2D eigenvalue weighted by molar-refractivity contribution is 4.96. The Morgan fingerprint density at radius 3 is 3.44 bits per heavy atom. The lowest BCUT2D eigenvalue weighted by Gasteiger charge is -1.95. The quantitative estimate of drug-likeness (QED) is 0.490. The molecule has 0 amide bonds. The molecule has 4 nitrogen and oxygen atoms in total. The van der Waals surface area contributed by atoms with E-state index in [0.717, 1.165) is 18.8 Å². The number of nitrogens with zero attached hydrogens (tertiary/aromatic N) is 3. The minimum Gasteiger partial charge on any atom is -0.326 e. The predicted octanol–water partition coefficient (Wildman–Crippen LogP) is -0.839. The van der Waals surface area contributed by atoms with Crippen LogP contribution in [-0.4, -0.2) is 20.8 Å². The van der Waals surface area contributed by atoms with Crippen molar-refractivity contribution < 1.29 is 0 Å². The van der Waals surface area contributed by atoms with Gasteiger partial charge in [-0.3, -0.25) is 0 Å². The third kappa shape index (κ3) is 0.632. The van der Waals surface area contributed by atoms with Crippen molar-refractivity contribution in [3.63, 3.8) is 0 Å². The highest BCUT2D eigenvalue weighted by atomic mass is 15.3. The van der Waals surface area contributed by atoms with Crippen LogP contribution >= 0.6 is 0 Å². The van der Waals surface area contributed by atoms with E-state index in [-0.39, 0.29) is 6.04 Å². The van der Waals surface area contributed by atoms with Gasteiger partial charge in [-0.15, -0.1) is 10.2 Å². The molecule has 4 heteroatoms. The smallest absolute Gasteiger partial charge is 0.134 e. The number of fused-ring (bicyclic) bond motifs is 1. The van der Waals surface area contributed by atoms with Gasteiger partial charge in [0, 0.05) is 19.0 Å². The van der Waals surface area contributed by atoms with Crippen LogP contribution < -0.4 is 5.73 Å². The zero-order valence-corrected chi connectivity index (χ0v) is 4.99. The van der Waals surface area contributed by atoms with Crippen molar-refractivity contribution in [2.75, 3.05) is 0 Å². The molecule has 2 rings (SSSR count). The third-order valence-electron chi connectivity index (χ3n) is 1.57. The number of rotatable bonds is 0. The Labute approximate surface area is 52.7 Å². The van der Waals surface area contributed by atoms with Gasteiger partial charge in [0.2, 0.25) is 0 Å². The van der Waals surface area contributed by atoms with Crippen molar-refractivity contribution in [1.29, 1.82) is 0 Å². The van der Waals surface area contributed by atoms with Crippen molar-refractivity contribution in [2.24, 2.45) is 5.73 Å². The molecule has 0 aromatic carbocycles. The van der Waals surface area contributed by atoms with Gasteiger partial charge in [0.1, 0.15) is 12.2 Å². The summed E-state index contributed by atoms with van der Waals surface area (Å²) in [6, 6.07) is 0.260. The van der Waals surface area contributed by atoms with E-state index in [9.17, 15) is 0 Å². The Morgan fingerprint density at radius 2 is 2.67 bits per heavy atom. The largest absolute Gasteiger partial charge is 0.326 e. The number of nitrogens with two attached hydrogens (primary N) is 1. The minimum atomic E-state index is 0.260. The van der Waals surface area contributed by atoms with Crippen LogP contribution in [-0.2, 0) is 13.0 Å². The Morgan fingerprint density at radius 1 is 1.78 bits per heavy atom. The van der Waals surface area contributed by atoms with Crippen molar-refractivity contribution in [2.45, 2.75) is 19.0 Å². The standard InChI is InChI=1S/C5H8N4/c6-4-1-5-8-7-3-9(5)2-4/h3-4H,1-2,6H2. The maximum Gasteiger partial charge on any atom is 0.134 e. The summed E-state index contributed by atoms with van der Waals surface area (Å²) >= 11 is 0. The summed E-state index contributed by atoms with van der Waals surface area (Å²) in [6.07, 6.45) is 2.60. The summed E-state index contributed by atoms with van der Waals surface area (Å²) in [5.74, 6) is 1.02. The molecule has 0 aliphatic carbocycles. The van der Waals surface area contributed by atoms with Crippen LogP contribution in [0.1, 0.15) is 5.82 Å². The zero-order chi connectivity index (χ0) is 6.27. The number of aromatic nitrogens is 3. The third-order valence-corrected chi connectivity index (χ3v) is 1.57. The fourth-order valence-electron chi connectivity index (χ4n) is 1.14. The first-order valence-corrected chi connectivity index (χ1v) is 2.98. The summed E-state index contributed by atoms with van der Waals surface area (Å²) in [5.41, 5.74) is 5.64. The molecule has 2 heterocycles. The molecule has 48 valence electrons. The van der Waals surface area contributed by atoms with Crippen LogP contribution in [0.25, 0.3) is 0 Å². The van der Waals surface area contributed by atoms with Crippen LogP contribution in [0.15, 0.2) is 6.33 Å². The monoisotopic (exact) mass is 124 g/mol. The molecule has 0 saturated heterocycles. The van der Waals surface area contributed by atoms with Gasteiger partial charge < -0.3 is 10.3 Å². The van der Waals surface area contributed by atoms with E-state index in [4.69, 9.17) is 5.73 Å². The Hall–Kier alpha value is -0.900. The SMILES string of the molecule is NC1Cc2nncn2C1. The lowest BCUT2D eigenvalue weighted by atomic mass is 10.3. The van der Waals surface area contributed by atoms with Gasteiger partial charge in [0.15, 0.2) is 0 Å². The van der Waals surface area contributed by atoms with Gasteiger partial charge in [-0.25, -0.2) is 0 Å². The molecule has 1 aliphatic rings. The fraction of sp³-hybridized carbons (Fsp3) is 0.600. The molecular weight excluding hydrogens is 116 g/mol. The van der Waals surface area contributed by atoms with Gasteiger partial charge in [-0.1, -0.05) is 0 Å². The minimum absolute atomic E-state index is 0.260. The molecule has 9 heavy (non-hydrogen) atoms. The van der Waals surface area contributed by atoms with Gasteiger partial charge in [-0.2, -0.15) is 0 Å². The number of hydrogen-bond acceptors (Lipinski definition) is 3. The maximum atomic E-state index is 5.64. The highest BCUT2D eigenvalue weighted by Crippen LogP contribution is 2.08. The van der Waals surface area contributed by atoms with Gasteiger partial charge in [-0.05, 0) is 0 Å². The lowest BCUT2D eigenvalue weighted by Crippen LogP contribution is -2.20. The molecule has 1 aliphatic heterocycles. The Kier molecular flexibility index (Phi) is 0.843. The molecule has 2 N–H and O–H groups in total. The molecule has 0 bridgehead atoms. The Balaban J connectivity index is 2.39. The summed E-state index contributed by atoms with van der Waals surface area (Å²) in [5, 5.41) is 7.62. The first kappa shape index (κ1) is 4.93. The van der Waals surface area contributed by atoms with E-state index in [0.29, 0.717) is 0 Å². The van der Waals surface area contributed by atoms with Crippen LogP contribution in [0.2, 0.25) is 0 Å². The van der Waals surface area contributed by atoms with E-state index in [1.807, 2.05) is 4.57 Å². The average Bonchev–Trinajstić information content (AvgIpc) is 2.22. The lowest BCUT2D eigenvalue weighted by molar-refractivity contribution is 0.634. The van der Waals surface area contributed by atoms with Crippen molar-refractivity contribution in [3.05, 3.63) is 12.2 Å². The molecule has 0 radical (unpaired) electrons. The van der Waals surface area contributed by atoms with Crippen LogP contribution in [0, 0.1) is 0 Å². The van der Waals surface area contributed by atoms with Crippen molar-refractivity contribution in [1.82, 2.24) is 14.8 Å². The second kappa shape index (κ2) is 1.54. The highest BCUT2D eigenvalue weighted by Gasteiger charge is 2.18. The zero-order valence-electron chi connectivity index (χ0n) is 4.99. The molecule has 0 fully saturated rings. The topological polar surface area (TPSA) is 56.7 Å². The van der Waals surface area contributed by atoms with Crippen LogP contribution in [0.4, 0.5) is 0 Å². The molecule has 1 aromatic heterocycles. The first-order chi connectivity index (χ1) is 4.36. The van der Waals surface area contributed by atoms with Crippen molar-refractivity contribution in [3.8, 4) is 0 Å². The molecule has 0 saturated carbocycles. The van der Waals surface area contributed by atoms with Crippen LogP contribution in [0.5, 0.6) is 0 Å². The van der Waals surface area contributed by atoms with Crippen LogP contribution in [0.3, 0.4) is 0 Å². The van der Waals surface area contributed by atoms with Gasteiger partial charge in [0.25, 0.3) is 0 Å². The second-order valence-corrected chi connectivity index (χ2v) is 2.36. The van der Waals surface area contributed by atoms with E-state index in [1.54, 1.807) is 6.33 Å².